The van der Waals surface area contributed by atoms with E-state index in [1.165, 1.54) is 11.8 Å². The van der Waals surface area contributed by atoms with Crippen LogP contribution < -0.4 is 5.32 Å². The number of thioether (sulfide) groups is 1. The number of aliphatic imine (C=N–C) groups is 1. The molecule has 0 aromatic carbocycles. The molecule has 1 aromatic rings. The molecular weight excluding hydrogens is 224 g/mol. The van der Waals surface area contributed by atoms with E-state index in [1.54, 1.807) is 6.26 Å². The highest BCUT2D eigenvalue weighted by Crippen LogP contribution is 2.25. The molecule has 0 bridgehead atoms. The van der Waals surface area contributed by atoms with Crippen molar-refractivity contribution in [3.8, 4) is 0 Å². The van der Waals surface area contributed by atoms with Crippen LogP contribution in [0.2, 0.25) is 0 Å². The van der Waals surface area contributed by atoms with Gasteiger partial charge in [0.25, 0.3) is 0 Å². The fourth-order valence-corrected chi connectivity index (χ4v) is 2.42. The Hall–Kier alpha value is -1.23. The van der Waals surface area contributed by atoms with E-state index < -0.39 is 0 Å². The highest BCUT2D eigenvalue weighted by molar-refractivity contribution is 8.15. The van der Waals surface area contributed by atoms with Crippen LogP contribution in [0.4, 0.5) is 0 Å². The summed E-state index contributed by atoms with van der Waals surface area (Å²) >= 11 is 1.50. The standard InChI is InChI=1S/C11H14N2O2S/c1-7(2)9-10(14)13-11(16-9)12-6-8-4-3-5-15-8/h3-5,7,9H,6H2,1-2H3,(H,12,13,14). The third kappa shape index (κ3) is 2.47. The molecule has 86 valence electrons. The van der Waals surface area contributed by atoms with Crippen LogP contribution in [0.15, 0.2) is 27.8 Å². The Morgan fingerprint density at radius 1 is 1.62 bits per heavy atom. The van der Waals surface area contributed by atoms with Crippen LogP contribution >= 0.6 is 11.8 Å². The molecular formula is C11H14N2O2S. The van der Waals surface area contributed by atoms with Crippen molar-refractivity contribution >= 4 is 22.8 Å². The Kier molecular flexibility index (Phi) is 3.33. The van der Waals surface area contributed by atoms with Gasteiger partial charge in [0.2, 0.25) is 5.91 Å². The van der Waals surface area contributed by atoms with Crippen molar-refractivity contribution in [3.05, 3.63) is 24.2 Å². The molecule has 1 unspecified atom stereocenters. The van der Waals surface area contributed by atoms with Crippen molar-refractivity contribution < 1.29 is 9.21 Å². The van der Waals surface area contributed by atoms with Gasteiger partial charge in [0, 0.05) is 0 Å². The zero-order chi connectivity index (χ0) is 11.5. The zero-order valence-corrected chi connectivity index (χ0v) is 10.1. The molecule has 1 saturated heterocycles. The van der Waals surface area contributed by atoms with Crippen LogP contribution in [0.1, 0.15) is 19.6 Å². The Balaban J connectivity index is 1.97. The Labute approximate surface area is 98.5 Å². The minimum absolute atomic E-state index is 0.0182. The summed E-state index contributed by atoms with van der Waals surface area (Å²) in [5, 5.41) is 3.46. The zero-order valence-electron chi connectivity index (χ0n) is 9.27. The van der Waals surface area contributed by atoms with E-state index >= 15 is 0 Å². The summed E-state index contributed by atoms with van der Waals surface area (Å²) in [5.41, 5.74) is 0. The van der Waals surface area contributed by atoms with Crippen LogP contribution in [0.3, 0.4) is 0 Å². The van der Waals surface area contributed by atoms with E-state index in [9.17, 15) is 4.79 Å². The molecule has 1 aliphatic rings. The lowest BCUT2D eigenvalue weighted by Crippen LogP contribution is -2.27. The lowest BCUT2D eigenvalue weighted by Gasteiger charge is -2.07. The van der Waals surface area contributed by atoms with Crippen molar-refractivity contribution in [2.24, 2.45) is 10.9 Å². The van der Waals surface area contributed by atoms with Crippen molar-refractivity contribution in [2.75, 3.05) is 0 Å². The van der Waals surface area contributed by atoms with Gasteiger partial charge in [-0.1, -0.05) is 25.6 Å². The number of amides is 1. The second-order valence-electron chi connectivity index (χ2n) is 3.97. The average Bonchev–Trinajstić information content (AvgIpc) is 2.83. The van der Waals surface area contributed by atoms with E-state index in [0.29, 0.717) is 17.6 Å². The Morgan fingerprint density at radius 3 is 3.00 bits per heavy atom. The number of hydrogen-bond donors (Lipinski definition) is 1. The molecule has 1 N–H and O–H groups in total. The fourth-order valence-electron chi connectivity index (χ4n) is 1.45. The second kappa shape index (κ2) is 4.74. The van der Waals surface area contributed by atoms with Gasteiger partial charge in [-0.15, -0.1) is 0 Å². The maximum Gasteiger partial charge on any atom is 0.239 e. The number of amidine groups is 1. The first-order chi connectivity index (χ1) is 7.66. The molecule has 1 aliphatic heterocycles. The number of nitrogens with zero attached hydrogens (tertiary/aromatic N) is 1. The highest BCUT2D eigenvalue weighted by Gasteiger charge is 2.32. The molecule has 16 heavy (non-hydrogen) atoms. The molecule has 0 aliphatic carbocycles. The molecule has 0 radical (unpaired) electrons. The number of carbonyl (C=O) groups is 1. The second-order valence-corrected chi connectivity index (χ2v) is 5.10. The van der Waals surface area contributed by atoms with Gasteiger partial charge in [-0.05, 0) is 18.1 Å². The minimum Gasteiger partial charge on any atom is -0.467 e. The summed E-state index contributed by atoms with van der Waals surface area (Å²) in [4.78, 5) is 15.9. The van der Waals surface area contributed by atoms with Crippen LogP contribution in [0.5, 0.6) is 0 Å². The largest absolute Gasteiger partial charge is 0.467 e. The lowest BCUT2D eigenvalue weighted by atomic mass is 10.1. The molecule has 5 heteroatoms. The summed E-state index contributed by atoms with van der Waals surface area (Å²) in [6.45, 7) is 4.54. The summed E-state index contributed by atoms with van der Waals surface area (Å²) in [7, 11) is 0. The third-order valence-corrected chi connectivity index (χ3v) is 3.76. The van der Waals surface area contributed by atoms with Crippen LogP contribution in [0.25, 0.3) is 0 Å². The number of rotatable bonds is 3. The first kappa shape index (κ1) is 11.3. The van der Waals surface area contributed by atoms with Gasteiger partial charge in [0.15, 0.2) is 5.17 Å². The van der Waals surface area contributed by atoms with Crippen molar-refractivity contribution in [1.29, 1.82) is 0 Å². The van der Waals surface area contributed by atoms with Gasteiger partial charge < -0.3 is 9.73 Å². The lowest BCUT2D eigenvalue weighted by molar-refractivity contribution is -0.119. The van der Waals surface area contributed by atoms with Crippen LogP contribution in [-0.4, -0.2) is 16.3 Å². The van der Waals surface area contributed by atoms with Gasteiger partial charge in [-0.3, -0.25) is 9.79 Å². The topological polar surface area (TPSA) is 54.6 Å². The van der Waals surface area contributed by atoms with Gasteiger partial charge in [0.1, 0.15) is 5.76 Å². The summed E-state index contributed by atoms with van der Waals surface area (Å²) in [6, 6.07) is 3.69. The normalized spacial score (nSPS) is 23.1. The van der Waals surface area contributed by atoms with Gasteiger partial charge in [-0.2, -0.15) is 0 Å². The predicted octanol–water partition coefficient (Wildman–Crippen LogP) is 2.02. The van der Waals surface area contributed by atoms with E-state index in [1.807, 2.05) is 26.0 Å². The Morgan fingerprint density at radius 2 is 2.44 bits per heavy atom. The summed E-state index contributed by atoms with van der Waals surface area (Å²) in [6.07, 6.45) is 1.62. The predicted molar refractivity (Wildman–Crippen MR) is 64.2 cm³/mol. The van der Waals surface area contributed by atoms with Gasteiger partial charge >= 0.3 is 0 Å². The number of carbonyl (C=O) groups excluding carboxylic acids is 1. The van der Waals surface area contributed by atoms with Crippen LogP contribution in [0, 0.1) is 5.92 Å². The maximum absolute atomic E-state index is 11.6. The van der Waals surface area contributed by atoms with Crippen LogP contribution in [-0.2, 0) is 11.3 Å². The SMILES string of the molecule is CC(C)C1SC(=NCc2ccco2)NC1=O. The van der Waals surface area contributed by atoms with Crippen molar-refractivity contribution in [2.45, 2.75) is 25.6 Å². The third-order valence-electron chi connectivity index (χ3n) is 2.29. The fraction of sp³-hybridized carbons (Fsp3) is 0.455. The first-order valence-corrected chi connectivity index (χ1v) is 6.09. The quantitative estimate of drug-likeness (QED) is 0.876. The highest BCUT2D eigenvalue weighted by atomic mass is 32.2. The van der Waals surface area contributed by atoms with E-state index in [2.05, 4.69) is 10.3 Å². The Bertz CT molecular complexity index is 398. The maximum atomic E-state index is 11.6. The number of hydrogen-bond acceptors (Lipinski definition) is 4. The molecule has 1 aromatic heterocycles. The van der Waals surface area contributed by atoms with Crippen molar-refractivity contribution in [1.82, 2.24) is 5.32 Å². The molecule has 0 spiro atoms. The number of nitrogens with one attached hydrogen (secondary N) is 1. The first-order valence-electron chi connectivity index (χ1n) is 5.21. The summed E-state index contributed by atoms with van der Waals surface area (Å²) < 4.78 is 5.17. The molecule has 2 heterocycles. The number of furan rings is 1. The molecule has 1 amide bonds. The minimum atomic E-state index is -0.0182. The molecule has 1 fully saturated rings. The van der Waals surface area contributed by atoms with E-state index in [-0.39, 0.29) is 11.2 Å². The average molecular weight is 238 g/mol. The van der Waals surface area contributed by atoms with Gasteiger partial charge in [-0.25, -0.2) is 0 Å². The molecule has 1 atom stereocenters. The smallest absolute Gasteiger partial charge is 0.239 e. The molecule has 4 nitrogen and oxygen atoms in total. The molecule has 2 rings (SSSR count). The van der Waals surface area contributed by atoms with Gasteiger partial charge in [0.05, 0.1) is 18.1 Å². The van der Waals surface area contributed by atoms with E-state index in [4.69, 9.17) is 4.42 Å². The summed E-state index contributed by atoms with van der Waals surface area (Å²) in [5.74, 6) is 1.18. The monoisotopic (exact) mass is 238 g/mol. The van der Waals surface area contributed by atoms with E-state index in [0.717, 1.165) is 5.76 Å². The van der Waals surface area contributed by atoms with Crippen molar-refractivity contribution in [3.63, 3.8) is 0 Å². The molecule has 0 saturated carbocycles.